The number of aromatic nitrogens is 1. The van der Waals surface area contributed by atoms with Crippen molar-refractivity contribution in [3.05, 3.63) is 29.8 Å². The lowest BCUT2D eigenvalue weighted by Crippen LogP contribution is -2.31. The van der Waals surface area contributed by atoms with Gasteiger partial charge in [0, 0.05) is 17.8 Å². The van der Waals surface area contributed by atoms with Gasteiger partial charge in [0.05, 0.1) is 6.20 Å². The maximum atomic E-state index is 12.6. The van der Waals surface area contributed by atoms with Crippen LogP contribution in [0.5, 0.6) is 0 Å². The summed E-state index contributed by atoms with van der Waals surface area (Å²) < 4.78 is 12.6. The first-order valence-corrected chi connectivity index (χ1v) is 5.64. The molecule has 1 saturated carbocycles. The van der Waals surface area contributed by atoms with Gasteiger partial charge in [-0.1, -0.05) is 0 Å². The number of carbonyl (C=O) groups excluding carboxylic acids is 1. The van der Waals surface area contributed by atoms with Crippen LogP contribution in [0.4, 0.5) is 4.39 Å². The van der Waals surface area contributed by atoms with Gasteiger partial charge in [-0.3, -0.25) is 4.79 Å². The van der Waals surface area contributed by atoms with Gasteiger partial charge >= 0.3 is 0 Å². The molecule has 16 heavy (non-hydrogen) atoms. The molecule has 1 amide bonds. The van der Waals surface area contributed by atoms with Crippen molar-refractivity contribution in [1.29, 1.82) is 0 Å². The molecule has 0 aromatic carbocycles. The molecule has 0 radical (unpaired) electrons. The van der Waals surface area contributed by atoms with Gasteiger partial charge in [0.25, 0.3) is 5.91 Å². The second-order valence-electron chi connectivity index (χ2n) is 4.18. The molecular formula is C11H12ClFN2O. The smallest absolute Gasteiger partial charge is 0.269 e. The second kappa shape index (κ2) is 4.37. The van der Waals surface area contributed by atoms with Crippen molar-refractivity contribution >= 4 is 17.5 Å². The minimum atomic E-state index is -0.448. The van der Waals surface area contributed by atoms with Crippen LogP contribution >= 0.6 is 11.6 Å². The number of pyridine rings is 1. The molecule has 1 fully saturated rings. The number of nitrogens with zero attached hydrogens (tertiary/aromatic N) is 1. The van der Waals surface area contributed by atoms with Crippen molar-refractivity contribution in [2.24, 2.45) is 5.41 Å². The van der Waals surface area contributed by atoms with Gasteiger partial charge in [0.1, 0.15) is 11.5 Å². The highest BCUT2D eigenvalue weighted by Crippen LogP contribution is 2.45. The highest BCUT2D eigenvalue weighted by molar-refractivity contribution is 6.18. The van der Waals surface area contributed by atoms with Crippen LogP contribution in [0, 0.1) is 11.2 Å². The quantitative estimate of drug-likeness (QED) is 0.821. The van der Waals surface area contributed by atoms with E-state index in [1.165, 1.54) is 12.1 Å². The van der Waals surface area contributed by atoms with E-state index < -0.39 is 5.82 Å². The topological polar surface area (TPSA) is 42.0 Å². The fraction of sp³-hybridized carbons (Fsp3) is 0.455. The van der Waals surface area contributed by atoms with E-state index in [4.69, 9.17) is 11.6 Å². The van der Waals surface area contributed by atoms with Gasteiger partial charge in [0.2, 0.25) is 0 Å². The molecule has 3 nitrogen and oxygen atoms in total. The maximum absolute atomic E-state index is 12.6. The first kappa shape index (κ1) is 11.3. The van der Waals surface area contributed by atoms with Crippen LogP contribution in [-0.2, 0) is 0 Å². The SMILES string of the molecule is O=C(NCC1(CCl)CC1)c1ccc(F)cn1. The summed E-state index contributed by atoms with van der Waals surface area (Å²) in [6.07, 6.45) is 3.13. The van der Waals surface area contributed by atoms with E-state index in [0.717, 1.165) is 19.0 Å². The Labute approximate surface area is 98.0 Å². The fourth-order valence-corrected chi connectivity index (χ4v) is 1.76. The molecule has 0 aliphatic heterocycles. The van der Waals surface area contributed by atoms with Gasteiger partial charge in [-0.15, -0.1) is 11.6 Å². The van der Waals surface area contributed by atoms with Crippen LogP contribution in [-0.4, -0.2) is 23.3 Å². The molecule has 0 saturated heterocycles. The normalized spacial score (nSPS) is 16.9. The average molecular weight is 243 g/mol. The number of hydrogen-bond acceptors (Lipinski definition) is 2. The lowest BCUT2D eigenvalue weighted by atomic mass is 10.1. The van der Waals surface area contributed by atoms with Crippen molar-refractivity contribution in [3.8, 4) is 0 Å². The van der Waals surface area contributed by atoms with E-state index in [0.29, 0.717) is 12.4 Å². The van der Waals surface area contributed by atoms with Crippen molar-refractivity contribution in [1.82, 2.24) is 10.3 Å². The number of halogens is 2. The Bertz CT molecular complexity index is 389. The van der Waals surface area contributed by atoms with E-state index >= 15 is 0 Å². The third kappa shape index (κ3) is 2.50. The summed E-state index contributed by atoms with van der Waals surface area (Å²) in [5.41, 5.74) is 0.309. The van der Waals surface area contributed by atoms with E-state index in [2.05, 4.69) is 10.3 Å². The Balaban J connectivity index is 1.91. The molecule has 1 N–H and O–H groups in total. The van der Waals surface area contributed by atoms with Crippen LogP contribution in [0.3, 0.4) is 0 Å². The summed E-state index contributed by atoms with van der Waals surface area (Å²) >= 11 is 5.79. The molecule has 0 atom stereocenters. The van der Waals surface area contributed by atoms with Crippen LogP contribution in [0.1, 0.15) is 23.3 Å². The Morgan fingerprint density at radius 1 is 1.56 bits per heavy atom. The van der Waals surface area contributed by atoms with Crippen LogP contribution in [0.2, 0.25) is 0 Å². The number of hydrogen-bond donors (Lipinski definition) is 1. The first-order valence-electron chi connectivity index (χ1n) is 5.11. The molecule has 0 unspecified atom stereocenters. The second-order valence-corrected chi connectivity index (χ2v) is 4.45. The highest BCUT2D eigenvalue weighted by Gasteiger charge is 2.41. The molecule has 1 aliphatic rings. The number of alkyl halides is 1. The minimum Gasteiger partial charge on any atom is -0.350 e. The summed E-state index contributed by atoms with van der Waals surface area (Å²) in [5.74, 6) is -0.170. The van der Waals surface area contributed by atoms with E-state index in [1.54, 1.807) is 0 Å². The number of amides is 1. The Hall–Kier alpha value is -1.16. The zero-order valence-electron chi connectivity index (χ0n) is 8.67. The van der Waals surface area contributed by atoms with E-state index in [-0.39, 0.29) is 17.0 Å². The summed E-state index contributed by atoms with van der Waals surface area (Å²) in [7, 11) is 0. The summed E-state index contributed by atoms with van der Waals surface area (Å²) in [6.45, 7) is 0.564. The van der Waals surface area contributed by atoms with Crippen molar-refractivity contribution in [2.45, 2.75) is 12.8 Å². The predicted octanol–water partition coefficient (Wildman–Crippen LogP) is 1.97. The average Bonchev–Trinajstić information content (AvgIpc) is 3.08. The minimum absolute atomic E-state index is 0.0806. The molecule has 2 rings (SSSR count). The number of rotatable bonds is 4. The van der Waals surface area contributed by atoms with Gasteiger partial charge in [-0.25, -0.2) is 9.37 Å². The van der Waals surface area contributed by atoms with Crippen molar-refractivity contribution < 1.29 is 9.18 Å². The van der Waals surface area contributed by atoms with Crippen LogP contribution in [0.25, 0.3) is 0 Å². The van der Waals surface area contributed by atoms with Crippen LogP contribution < -0.4 is 5.32 Å². The third-order valence-corrected chi connectivity index (χ3v) is 3.39. The molecule has 86 valence electrons. The van der Waals surface area contributed by atoms with E-state index in [9.17, 15) is 9.18 Å². The number of nitrogens with one attached hydrogen (secondary N) is 1. The monoisotopic (exact) mass is 242 g/mol. The molecule has 0 spiro atoms. The van der Waals surface area contributed by atoms with Crippen LogP contribution in [0.15, 0.2) is 18.3 Å². The molecule has 0 bridgehead atoms. The summed E-state index contributed by atoms with van der Waals surface area (Å²) in [6, 6.07) is 2.58. The van der Waals surface area contributed by atoms with Crippen molar-refractivity contribution in [3.63, 3.8) is 0 Å². The maximum Gasteiger partial charge on any atom is 0.269 e. The molecule has 5 heteroatoms. The largest absolute Gasteiger partial charge is 0.350 e. The molecular weight excluding hydrogens is 231 g/mol. The Morgan fingerprint density at radius 3 is 2.81 bits per heavy atom. The van der Waals surface area contributed by atoms with Crippen molar-refractivity contribution in [2.75, 3.05) is 12.4 Å². The summed E-state index contributed by atoms with van der Waals surface area (Å²) in [5, 5.41) is 2.76. The molecule has 1 aromatic heterocycles. The van der Waals surface area contributed by atoms with E-state index in [1.807, 2.05) is 0 Å². The lowest BCUT2D eigenvalue weighted by Gasteiger charge is -2.11. The Morgan fingerprint density at radius 2 is 2.31 bits per heavy atom. The Kier molecular flexibility index (Phi) is 3.10. The molecule has 1 aliphatic carbocycles. The standard InChI is InChI=1S/C11H12ClFN2O/c12-6-11(3-4-11)7-15-10(16)9-2-1-8(13)5-14-9/h1-2,5H,3-4,6-7H2,(H,15,16). The highest BCUT2D eigenvalue weighted by atomic mass is 35.5. The zero-order valence-corrected chi connectivity index (χ0v) is 9.43. The first-order chi connectivity index (χ1) is 7.65. The number of carbonyl (C=O) groups is 1. The lowest BCUT2D eigenvalue weighted by molar-refractivity contribution is 0.0941. The fourth-order valence-electron chi connectivity index (χ4n) is 1.40. The molecule has 1 heterocycles. The predicted molar refractivity (Wildman–Crippen MR) is 58.9 cm³/mol. The van der Waals surface area contributed by atoms with Gasteiger partial charge in [0.15, 0.2) is 0 Å². The zero-order chi connectivity index (χ0) is 11.6. The van der Waals surface area contributed by atoms with Gasteiger partial charge in [-0.05, 0) is 25.0 Å². The van der Waals surface area contributed by atoms with Gasteiger partial charge < -0.3 is 5.32 Å². The third-order valence-electron chi connectivity index (χ3n) is 2.82. The molecule has 1 aromatic rings. The summed E-state index contributed by atoms with van der Waals surface area (Å²) in [4.78, 5) is 15.3. The van der Waals surface area contributed by atoms with Gasteiger partial charge in [-0.2, -0.15) is 0 Å².